The fourth-order valence-electron chi connectivity index (χ4n) is 3.21. The molecule has 2 fully saturated rings. The average Bonchev–Trinajstić information content (AvgIpc) is 2.55. The summed E-state index contributed by atoms with van der Waals surface area (Å²) >= 11 is 0. The number of hydrogen-bond donors (Lipinski definition) is 1. The Labute approximate surface area is 115 Å². The molecule has 0 spiro atoms. The quantitative estimate of drug-likeness (QED) is 0.798. The van der Waals surface area contributed by atoms with Crippen molar-refractivity contribution in [3.8, 4) is 0 Å². The number of imide groups is 1. The largest absolute Gasteiger partial charge is 0.388 e. The summed E-state index contributed by atoms with van der Waals surface area (Å²) < 4.78 is 0. The molecule has 0 bridgehead atoms. The predicted octanol–water partition coefficient (Wildman–Crippen LogP) is 2.25. The maximum absolute atomic E-state index is 12.0. The average molecular weight is 267 g/mol. The first kappa shape index (κ1) is 14.5. The third kappa shape index (κ3) is 3.56. The molecule has 0 unspecified atom stereocenters. The number of carbonyl (C=O) groups is 2. The van der Waals surface area contributed by atoms with Gasteiger partial charge in [0.15, 0.2) is 0 Å². The van der Waals surface area contributed by atoms with Crippen LogP contribution < -0.4 is 0 Å². The van der Waals surface area contributed by atoms with Crippen molar-refractivity contribution < 1.29 is 14.7 Å². The van der Waals surface area contributed by atoms with Crippen LogP contribution in [0.25, 0.3) is 0 Å². The van der Waals surface area contributed by atoms with Crippen LogP contribution in [-0.4, -0.2) is 34.0 Å². The van der Waals surface area contributed by atoms with E-state index >= 15 is 0 Å². The van der Waals surface area contributed by atoms with E-state index in [1.54, 1.807) is 0 Å². The van der Waals surface area contributed by atoms with E-state index in [-0.39, 0.29) is 18.4 Å². The lowest BCUT2D eigenvalue weighted by molar-refractivity contribution is -0.149. The van der Waals surface area contributed by atoms with Crippen molar-refractivity contribution in [2.45, 2.75) is 70.3 Å². The summed E-state index contributed by atoms with van der Waals surface area (Å²) in [7, 11) is 0. The Hall–Kier alpha value is -0.900. The van der Waals surface area contributed by atoms with Crippen LogP contribution >= 0.6 is 0 Å². The zero-order valence-corrected chi connectivity index (χ0v) is 11.9. The second kappa shape index (κ2) is 6.04. The highest BCUT2D eigenvalue weighted by atomic mass is 16.3. The minimum Gasteiger partial charge on any atom is -0.388 e. The van der Waals surface area contributed by atoms with Gasteiger partial charge in [0.2, 0.25) is 11.8 Å². The maximum Gasteiger partial charge on any atom is 0.229 e. The first-order valence-electron chi connectivity index (χ1n) is 7.59. The van der Waals surface area contributed by atoms with Crippen LogP contribution in [0.5, 0.6) is 0 Å². The Bertz CT molecular complexity index is 327. The van der Waals surface area contributed by atoms with Crippen molar-refractivity contribution >= 4 is 11.8 Å². The summed E-state index contributed by atoms with van der Waals surface area (Å²) in [6.45, 7) is 2.39. The van der Waals surface area contributed by atoms with E-state index in [0.29, 0.717) is 31.6 Å². The van der Waals surface area contributed by atoms with Crippen molar-refractivity contribution in [3.05, 3.63) is 0 Å². The number of carbonyl (C=O) groups excluding carboxylic acids is 2. The summed E-state index contributed by atoms with van der Waals surface area (Å²) in [4.78, 5) is 25.2. The number of likely N-dealkylation sites (tertiary alicyclic amines) is 1. The molecule has 0 atom stereocenters. The lowest BCUT2D eigenvalue weighted by atomic mass is 9.77. The van der Waals surface area contributed by atoms with Crippen molar-refractivity contribution in [2.24, 2.45) is 5.92 Å². The second-order valence-electron chi connectivity index (χ2n) is 6.16. The predicted molar refractivity (Wildman–Crippen MR) is 72.4 cm³/mol. The van der Waals surface area contributed by atoms with E-state index < -0.39 is 5.60 Å². The molecule has 1 N–H and O–H groups in total. The molecule has 4 heteroatoms. The van der Waals surface area contributed by atoms with Gasteiger partial charge in [0.1, 0.15) is 0 Å². The number of rotatable bonds is 3. The van der Waals surface area contributed by atoms with Crippen LogP contribution in [-0.2, 0) is 9.59 Å². The maximum atomic E-state index is 12.0. The van der Waals surface area contributed by atoms with Crippen LogP contribution in [0.4, 0.5) is 0 Å². The van der Waals surface area contributed by atoms with E-state index in [1.807, 2.05) is 0 Å². The van der Waals surface area contributed by atoms with Crippen LogP contribution in [0, 0.1) is 5.92 Å². The second-order valence-corrected chi connectivity index (χ2v) is 6.16. The first-order chi connectivity index (χ1) is 9.04. The zero-order chi connectivity index (χ0) is 13.9. The molecule has 4 nitrogen and oxygen atoms in total. The molecular weight excluding hydrogens is 242 g/mol. The lowest BCUT2D eigenvalue weighted by Crippen LogP contribution is -2.49. The van der Waals surface area contributed by atoms with Crippen LogP contribution in [0.2, 0.25) is 0 Å². The fraction of sp³-hybridized carbons (Fsp3) is 0.867. The Morgan fingerprint density at radius 1 is 1.16 bits per heavy atom. The molecule has 1 saturated heterocycles. The Kier molecular flexibility index (Phi) is 4.61. The minimum atomic E-state index is -0.846. The van der Waals surface area contributed by atoms with Gasteiger partial charge < -0.3 is 5.11 Å². The van der Waals surface area contributed by atoms with Gasteiger partial charge in [0.05, 0.1) is 12.1 Å². The molecular formula is C15H25NO3. The Morgan fingerprint density at radius 3 is 2.16 bits per heavy atom. The SMILES string of the molecule is CCC1CCC(O)(CN2C(=O)CCCCC2=O)CC1. The minimum absolute atomic E-state index is 0.103. The highest BCUT2D eigenvalue weighted by Crippen LogP contribution is 2.34. The normalized spacial score (nSPS) is 33.4. The van der Waals surface area contributed by atoms with E-state index in [0.717, 1.165) is 32.1 Å². The molecule has 2 amide bonds. The molecule has 1 heterocycles. The monoisotopic (exact) mass is 267 g/mol. The van der Waals surface area contributed by atoms with Gasteiger partial charge in [-0.05, 0) is 44.4 Å². The summed E-state index contributed by atoms with van der Waals surface area (Å²) in [5, 5.41) is 10.6. The molecule has 108 valence electrons. The topological polar surface area (TPSA) is 57.6 Å². The van der Waals surface area contributed by atoms with Gasteiger partial charge in [-0.1, -0.05) is 13.3 Å². The molecule has 0 aromatic rings. The van der Waals surface area contributed by atoms with Gasteiger partial charge in [-0.3, -0.25) is 14.5 Å². The molecule has 19 heavy (non-hydrogen) atoms. The summed E-state index contributed by atoms with van der Waals surface area (Å²) in [6.07, 6.45) is 7.04. The van der Waals surface area contributed by atoms with Gasteiger partial charge in [0.25, 0.3) is 0 Å². The van der Waals surface area contributed by atoms with Crippen LogP contribution in [0.1, 0.15) is 64.7 Å². The number of hydrogen-bond acceptors (Lipinski definition) is 3. The summed E-state index contributed by atoms with van der Waals surface area (Å²) in [5.74, 6) is 0.484. The number of β-amino-alcohol motifs (C(OH)–C–C–N with tert-alkyl or cyclic N) is 1. The van der Waals surface area contributed by atoms with Crippen LogP contribution in [0.15, 0.2) is 0 Å². The van der Waals surface area contributed by atoms with Gasteiger partial charge in [0, 0.05) is 12.8 Å². The molecule has 2 rings (SSSR count). The lowest BCUT2D eigenvalue weighted by Gasteiger charge is -2.38. The molecule has 1 aliphatic heterocycles. The summed E-state index contributed by atoms with van der Waals surface area (Å²) in [5.41, 5.74) is -0.846. The molecule has 0 aromatic heterocycles. The molecule has 2 aliphatic rings. The van der Waals surface area contributed by atoms with E-state index in [4.69, 9.17) is 0 Å². The number of nitrogens with zero attached hydrogens (tertiary/aromatic N) is 1. The Balaban J connectivity index is 1.98. The highest BCUT2D eigenvalue weighted by molar-refractivity contribution is 5.96. The standard InChI is InChI=1S/C15H25NO3/c1-2-12-7-9-15(19,10-8-12)11-16-13(17)5-3-4-6-14(16)18/h12,19H,2-11H2,1H3. The third-order valence-electron chi connectivity index (χ3n) is 4.70. The number of aliphatic hydroxyl groups is 1. The Morgan fingerprint density at radius 2 is 1.68 bits per heavy atom. The third-order valence-corrected chi connectivity index (χ3v) is 4.70. The van der Waals surface area contributed by atoms with E-state index in [1.165, 1.54) is 4.90 Å². The smallest absolute Gasteiger partial charge is 0.229 e. The van der Waals surface area contributed by atoms with Crippen molar-refractivity contribution in [3.63, 3.8) is 0 Å². The highest BCUT2D eigenvalue weighted by Gasteiger charge is 2.37. The van der Waals surface area contributed by atoms with Gasteiger partial charge in [-0.2, -0.15) is 0 Å². The number of amides is 2. The zero-order valence-electron chi connectivity index (χ0n) is 11.9. The van der Waals surface area contributed by atoms with Gasteiger partial charge in [-0.15, -0.1) is 0 Å². The van der Waals surface area contributed by atoms with E-state index in [2.05, 4.69) is 6.92 Å². The fourth-order valence-corrected chi connectivity index (χ4v) is 3.21. The molecule has 0 radical (unpaired) electrons. The van der Waals surface area contributed by atoms with Gasteiger partial charge >= 0.3 is 0 Å². The van der Waals surface area contributed by atoms with Crippen molar-refractivity contribution in [2.75, 3.05) is 6.54 Å². The molecule has 1 aliphatic carbocycles. The molecule has 0 aromatic carbocycles. The summed E-state index contributed by atoms with van der Waals surface area (Å²) in [6, 6.07) is 0. The first-order valence-corrected chi connectivity index (χ1v) is 7.59. The van der Waals surface area contributed by atoms with E-state index in [9.17, 15) is 14.7 Å². The van der Waals surface area contributed by atoms with Crippen molar-refractivity contribution in [1.82, 2.24) is 4.90 Å². The van der Waals surface area contributed by atoms with Crippen molar-refractivity contribution in [1.29, 1.82) is 0 Å². The molecule has 1 saturated carbocycles. The van der Waals surface area contributed by atoms with Gasteiger partial charge in [-0.25, -0.2) is 0 Å². The van der Waals surface area contributed by atoms with Crippen LogP contribution in [0.3, 0.4) is 0 Å².